The third-order valence-electron chi connectivity index (χ3n) is 4.08. The van der Waals surface area contributed by atoms with Crippen molar-refractivity contribution < 1.29 is 4.39 Å². The highest BCUT2D eigenvalue weighted by atomic mass is 19.1. The standard InChI is InChI=1S/C17H20FN3O/c18-15-6-4-14(5-7-15)16-8-9-17(22)21(19-16)13-12-20-10-2-1-3-11-20/h4-9H,1-3,10-13H2. The second-order valence-electron chi connectivity index (χ2n) is 5.69. The Kier molecular flexibility index (Phi) is 4.63. The Morgan fingerprint density at radius 3 is 2.41 bits per heavy atom. The van der Waals surface area contributed by atoms with Crippen molar-refractivity contribution in [1.29, 1.82) is 0 Å². The highest BCUT2D eigenvalue weighted by molar-refractivity contribution is 5.57. The van der Waals surface area contributed by atoms with Gasteiger partial charge in [-0.15, -0.1) is 0 Å². The first kappa shape index (κ1) is 14.9. The molecule has 2 aromatic rings. The Balaban J connectivity index is 1.74. The lowest BCUT2D eigenvalue weighted by atomic mass is 10.1. The topological polar surface area (TPSA) is 38.1 Å². The number of nitrogens with zero attached hydrogens (tertiary/aromatic N) is 3. The summed E-state index contributed by atoms with van der Waals surface area (Å²) in [5.74, 6) is -0.276. The van der Waals surface area contributed by atoms with Gasteiger partial charge in [0.25, 0.3) is 5.56 Å². The number of aromatic nitrogens is 2. The van der Waals surface area contributed by atoms with Crippen molar-refractivity contribution in [3.63, 3.8) is 0 Å². The summed E-state index contributed by atoms with van der Waals surface area (Å²) < 4.78 is 14.5. The zero-order valence-electron chi connectivity index (χ0n) is 12.5. The lowest BCUT2D eigenvalue weighted by molar-refractivity contribution is 0.216. The molecule has 0 aliphatic carbocycles. The van der Waals surface area contributed by atoms with E-state index in [2.05, 4.69) is 10.00 Å². The number of rotatable bonds is 4. The Morgan fingerprint density at radius 1 is 0.955 bits per heavy atom. The number of benzene rings is 1. The summed E-state index contributed by atoms with van der Waals surface area (Å²) in [5.41, 5.74) is 1.41. The molecule has 1 aromatic carbocycles. The zero-order chi connectivity index (χ0) is 15.4. The van der Waals surface area contributed by atoms with E-state index in [4.69, 9.17) is 0 Å². The van der Waals surface area contributed by atoms with Crippen LogP contribution in [0.1, 0.15) is 19.3 Å². The van der Waals surface area contributed by atoms with Crippen molar-refractivity contribution >= 4 is 0 Å². The molecule has 1 aromatic heterocycles. The summed E-state index contributed by atoms with van der Waals surface area (Å²) in [6.07, 6.45) is 3.77. The van der Waals surface area contributed by atoms with E-state index >= 15 is 0 Å². The lowest BCUT2D eigenvalue weighted by Gasteiger charge is -2.26. The van der Waals surface area contributed by atoms with Gasteiger partial charge in [-0.2, -0.15) is 5.10 Å². The molecule has 0 N–H and O–H groups in total. The second kappa shape index (κ2) is 6.83. The van der Waals surface area contributed by atoms with E-state index in [1.165, 1.54) is 42.1 Å². The predicted molar refractivity (Wildman–Crippen MR) is 84.2 cm³/mol. The molecule has 0 saturated carbocycles. The van der Waals surface area contributed by atoms with Gasteiger partial charge in [-0.05, 0) is 56.3 Å². The lowest BCUT2D eigenvalue weighted by Crippen LogP contribution is -2.35. The monoisotopic (exact) mass is 301 g/mol. The van der Waals surface area contributed by atoms with Crippen LogP contribution in [0.2, 0.25) is 0 Å². The van der Waals surface area contributed by atoms with E-state index in [1.54, 1.807) is 18.2 Å². The first-order valence-electron chi connectivity index (χ1n) is 7.79. The Morgan fingerprint density at radius 2 is 1.68 bits per heavy atom. The van der Waals surface area contributed by atoms with E-state index in [-0.39, 0.29) is 11.4 Å². The van der Waals surface area contributed by atoms with Gasteiger partial charge in [0.15, 0.2) is 0 Å². The Hall–Kier alpha value is -2.01. The number of likely N-dealkylation sites (tertiary alicyclic amines) is 1. The number of piperidine rings is 1. The van der Waals surface area contributed by atoms with Gasteiger partial charge in [0.2, 0.25) is 0 Å². The van der Waals surface area contributed by atoms with Gasteiger partial charge in [0.05, 0.1) is 12.2 Å². The molecule has 0 spiro atoms. The summed E-state index contributed by atoms with van der Waals surface area (Å²) in [6, 6.07) is 9.38. The minimum atomic E-state index is -0.276. The smallest absolute Gasteiger partial charge is 0.266 e. The van der Waals surface area contributed by atoms with E-state index < -0.39 is 0 Å². The van der Waals surface area contributed by atoms with Gasteiger partial charge in [-0.3, -0.25) is 4.79 Å². The molecular weight excluding hydrogens is 281 g/mol. The second-order valence-corrected chi connectivity index (χ2v) is 5.69. The molecule has 0 amide bonds. The SMILES string of the molecule is O=c1ccc(-c2ccc(F)cc2)nn1CCN1CCCCC1. The Labute approximate surface area is 129 Å². The molecule has 116 valence electrons. The largest absolute Gasteiger partial charge is 0.301 e. The highest BCUT2D eigenvalue weighted by Gasteiger charge is 2.10. The minimum absolute atomic E-state index is 0.0946. The zero-order valence-corrected chi connectivity index (χ0v) is 12.5. The van der Waals surface area contributed by atoms with Crippen LogP contribution in [0.15, 0.2) is 41.2 Å². The van der Waals surface area contributed by atoms with Crippen LogP contribution in [0.3, 0.4) is 0 Å². The molecule has 4 nitrogen and oxygen atoms in total. The number of hydrogen-bond donors (Lipinski definition) is 0. The molecule has 0 bridgehead atoms. The summed E-state index contributed by atoms with van der Waals surface area (Å²) in [7, 11) is 0. The molecule has 0 radical (unpaired) electrons. The van der Waals surface area contributed by atoms with Crippen LogP contribution in [0.5, 0.6) is 0 Å². The van der Waals surface area contributed by atoms with Crippen molar-refractivity contribution in [1.82, 2.24) is 14.7 Å². The summed E-state index contributed by atoms with van der Waals surface area (Å²) in [6.45, 7) is 3.65. The molecule has 1 aliphatic rings. The van der Waals surface area contributed by atoms with Crippen LogP contribution in [0, 0.1) is 5.82 Å². The van der Waals surface area contributed by atoms with E-state index in [0.717, 1.165) is 25.2 Å². The van der Waals surface area contributed by atoms with Gasteiger partial charge in [-0.25, -0.2) is 9.07 Å². The van der Waals surface area contributed by atoms with E-state index in [9.17, 15) is 9.18 Å². The van der Waals surface area contributed by atoms with Crippen LogP contribution in [-0.2, 0) is 6.54 Å². The summed E-state index contributed by atoms with van der Waals surface area (Å²) in [4.78, 5) is 14.3. The fraction of sp³-hybridized carbons (Fsp3) is 0.412. The number of hydrogen-bond acceptors (Lipinski definition) is 3. The van der Waals surface area contributed by atoms with Crippen molar-refractivity contribution in [2.45, 2.75) is 25.8 Å². The first-order valence-corrected chi connectivity index (χ1v) is 7.79. The van der Waals surface area contributed by atoms with Crippen LogP contribution in [-0.4, -0.2) is 34.3 Å². The fourth-order valence-electron chi connectivity index (χ4n) is 2.80. The maximum Gasteiger partial charge on any atom is 0.266 e. The predicted octanol–water partition coefficient (Wildman–Crippen LogP) is 2.54. The molecule has 22 heavy (non-hydrogen) atoms. The van der Waals surface area contributed by atoms with Crippen LogP contribution in [0.25, 0.3) is 11.3 Å². The van der Waals surface area contributed by atoms with Crippen LogP contribution >= 0.6 is 0 Å². The molecule has 0 atom stereocenters. The molecule has 1 fully saturated rings. The van der Waals surface area contributed by atoms with Gasteiger partial charge < -0.3 is 4.90 Å². The average Bonchev–Trinajstić information content (AvgIpc) is 2.56. The van der Waals surface area contributed by atoms with Crippen LogP contribution in [0.4, 0.5) is 4.39 Å². The Bertz CT molecular complexity index is 675. The van der Waals surface area contributed by atoms with Gasteiger partial charge >= 0.3 is 0 Å². The van der Waals surface area contributed by atoms with E-state index in [0.29, 0.717) is 12.2 Å². The summed E-state index contributed by atoms with van der Waals surface area (Å²) in [5, 5.41) is 4.41. The third kappa shape index (κ3) is 3.60. The maximum atomic E-state index is 13.0. The molecule has 1 saturated heterocycles. The van der Waals surface area contributed by atoms with Crippen molar-refractivity contribution in [3.8, 4) is 11.3 Å². The third-order valence-corrected chi connectivity index (χ3v) is 4.08. The molecule has 1 aliphatic heterocycles. The number of halogens is 1. The average molecular weight is 301 g/mol. The maximum absolute atomic E-state index is 13.0. The normalized spacial score (nSPS) is 15.9. The van der Waals surface area contributed by atoms with Crippen molar-refractivity contribution in [3.05, 3.63) is 52.6 Å². The molecule has 5 heteroatoms. The highest BCUT2D eigenvalue weighted by Crippen LogP contribution is 2.15. The van der Waals surface area contributed by atoms with Crippen LogP contribution < -0.4 is 5.56 Å². The molecule has 2 heterocycles. The van der Waals surface area contributed by atoms with E-state index in [1.807, 2.05) is 0 Å². The molecule has 3 rings (SSSR count). The quantitative estimate of drug-likeness (QED) is 0.871. The molecule has 0 unspecified atom stereocenters. The van der Waals surface area contributed by atoms with Gasteiger partial charge in [0, 0.05) is 18.2 Å². The van der Waals surface area contributed by atoms with Crippen molar-refractivity contribution in [2.75, 3.05) is 19.6 Å². The van der Waals surface area contributed by atoms with Crippen molar-refractivity contribution in [2.24, 2.45) is 0 Å². The minimum Gasteiger partial charge on any atom is -0.301 e. The molecular formula is C17H20FN3O. The first-order chi connectivity index (χ1) is 10.7. The van der Waals surface area contributed by atoms with Gasteiger partial charge in [-0.1, -0.05) is 6.42 Å². The van der Waals surface area contributed by atoms with Gasteiger partial charge in [0.1, 0.15) is 5.82 Å². The summed E-state index contributed by atoms with van der Waals surface area (Å²) >= 11 is 0. The fourth-order valence-corrected chi connectivity index (χ4v) is 2.80.